The van der Waals surface area contributed by atoms with Crippen LogP contribution in [0.3, 0.4) is 0 Å². The van der Waals surface area contributed by atoms with E-state index in [2.05, 4.69) is 31.1 Å². The van der Waals surface area contributed by atoms with Crippen molar-refractivity contribution in [3.8, 4) is 0 Å². The van der Waals surface area contributed by atoms with E-state index in [1.807, 2.05) is 6.92 Å². The van der Waals surface area contributed by atoms with Crippen LogP contribution in [0.2, 0.25) is 0 Å². The molecule has 1 saturated carbocycles. The van der Waals surface area contributed by atoms with Crippen LogP contribution in [-0.4, -0.2) is 73.3 Å². The number of aliphatic hydroxyl groups is 1. The summed E-state index contributed by atoms with van der Waals surface area (Å²) in [7, 11) is 0. The van der Waals surface area contributed by atoms with Crippen LogP contribution in [0, 0.1) is 6.92 Å². The highest BCUT2D eigenvalue weighted by Crippen LogP contribution is 2.39. The van der Waals surface area contributed by atoms with Gasteiger partial charge in [-0.05, 0) is 25.8 Å². The molecule has 8 nitrogen and oxygen atoms in total. The molecule has 0 radical (unpaired) electrons. The Kier molecular flexibility index (Phi) is 4.30. The lowest BCUT2D eigenvalue weighted by Gasteiger charge is -2.20. The van der Waals surface area contributed by atoms with E-state index in [4.69, 9.17) is 0 Å². The fourth-order valence-corrected chi connectivity index (χ4v) is 3.34. The molecule has 0 bridgehead atoms. The Labute approximate surface area is 146 Å². The number of aryl methyl sites for hydroxylation is 1. The summed E-state index contributed by atoms with van der Waals surface area (Å²) in [5, 5.41) is 17.8. The second kappa shape index (κ2) is 6.61. The number of hydrogen-bond acceptors (Lipinski definition) is 5. The predicted octanol–water partition coefficient (Wildman–Crippen LogP) is 0.638. The molecule has 3 heterocycles. The molecule has 0 aromatic carbocycles. The van der Waals surface area contributed by atoms with Crippen LogP contribution in [0.1, 0.15) is 46.5 Å². The van der Waals surface area contributed by atoms with Gasteiger partial charge in [0.05, 0.1) is 11.8 Å². The van der Waals surface area contributed by atoms with Gasteiger partial charge in [-0.25, -0.2) is 4.98 Å². The van der Waals surface area contributed by atoms with Gasteiger partial charge in [0.1, 0.15) is 0 Å². The van der Waals surface area contributed by atoms with Gasteiger partial charge in [-0.2, -0.15) is 5.10 Å². The normalized spacial score (nSPS) is 22.2. The number of aromatic nitrogens is 4. The fourth-order valence-electron chi connectivity index (χ4n) is 3.34. The van der Waals surface area contributed by atoms with E-state index in [1.54, 1.807) is 11.1 Å². The second-order valence-electron chi connectivity index (χ2n) is 7.15. The molecule has 8 heteroatoms. The zero-order valence-electron chi connectivity index (χ0n) is 14.4. The molecule has 0 unspecified atom stereocenters. The molecule has 1 amide bonds. The first-order chi connectivity index (χ1) is 12.1. The number of aromatic amines is 2. The van der Waals surface area contributed by atoms with Gasteiger partial charge in [-0.3, -0.25) is 14.8 Å². The Morgan fingerprint density at radius 2 is 2.20 bits per heavy atom. The zero-order chi connectivity index (χ0) is 17.4. The highest BCUT2D eigenvalue weighted by atomic mass is 16.3. The molecule has 2 aromatic rings. The molecule has 2 fully saturated rings. The topological polar surface area (TPSA) is 101 Å². The van der Waals surface area contributed by atoms with Crippen LogP contribution in [0.25, 0.3) is 0 Å². The van der Waals surface area contributed by atoms with E-state index in [-0.39, 0.29) is 5.91 Å². The van der Waals surface area contributed by atoms with Gasteiger partial charge < -0.3 is 15.0 Å². The number of aliphatic hydroxyl groups excluding tert-OH is 1. The number of carbonyl (C=O) groups is 1. The lowest BCUT2D eigenvalue weighted by Crippen LogP contribution is -2.38. The maximum atomic E-state index is 12.5. The molecule has 134 valence electrons. The SMILES string of the molecule is Cc1cnc(C(=O)N2CCN(Cc3cc(C4CC4)n[nH]3)C[C@H](O)C2)[nH]1. The average molecular weight is 344 g/mol. The van der Waals surface area contributed by atoms with Gasteiger partial charge in [-0.15, -0.1) is 0 Å². The molecule has 2 aromatic heterocycles. The number of β-amino-alcohol motifs (C(OH)–C–C–N with tert-alkyl or cyclic N) is 1. The minimum Gasteiger partial charge on any atom is -0.390 e. The Hall–Kier alpha value is -2.19. The van der Waals surface area contributed by atoms with E-state index in [9.17, 15) is 9.90 Å². The predicted molar refractivity (Wildman–Crippen MR) is 91.1 cm³/mol. The van der Waals surface area contributed by atoms with E-state index in [0.29, 0.717) is 44.5 Å². The molecule has 1 aliphatic heterocycles. The first-order valence-corrected chi connectivity index (χ1v) is 8.84. The van der Waals surface area contributed by atoms with E-state index >= 15 is 0 Å². The third-order valence-corrected chi connectivity index (χ3v) is 4.82. The van der Waals surface area contributed by atoms with Gasteiger partial charge in [0.15, 0.2) is 5.82 Å². The van der Waals surface area contributed by atoms with Gasteiger partial charge >= 0.3 is 0 Å². The Morgan fingerprint density at radius 1 is 1.36 bits per heavy atom. The Morgan fingerprint density at radius 3 is 2.92 bits per heavy atom. The van der Waals surface area contributed by atoms with Crippen LogP contribution in [0.15, 0.2) is 12.3 Å². The van der Waals surface area contributed by atoms with Crippen molar-refractivity contribution in [3.05, 3.63) is 35.2 Å². The highest BCUT2D eigenvalue weighted by molar-refractivity contribution is 5.90. The zero-order valence-corrected chi connectivity index (χ0v) is 14.4. The van der Waals surface area contributed by atoms with Crippen molar-refractivity contribution in [2.45, 2.75) is 38.3 Å². The van der Waals surface area contributed by atoms with E-state index in [1.165, 1.54) is 12.8 Å². The summed E-state index contributed by atoms with van der Waals surface area (Å²) in [5.41, 5.74) is 3.07. The van der Waals surface area contributed by atoms with E-state index < -0.39 is 6.10 Å². The summed E-state index contributed by atoms with van der Waals surface area (Å²) in [6.07, 6.45) is 3.53. The maximum Gasteiger partial charge on any atom is 0.289 e. The molecule has 1 saturated heterocycles. The average Bonchev–Trinajstić information content (AvgIpc) is 3.23. The van der Waals surface area contributed by atoms with Crippen molar-refractivity contribution >= 4 is 5.91 Å². The molecule has 1 atom stereocenters. The number of amides is 1. The monoisotopic (exact) mass is 344 g/mol. The quantitative estimate of drug-likeness (QED) is 0.755. The summed E-state index contributed by atoms with van der Waals surface area (Å²) >= 11 is 0. The van der Waals surface area contributed by atoms with Gasteiger partial charge in [0.2, 0.25) is 0 Å². The molecule has 4 rings (SSSR count). The summed E-state index contributed by atoms with van der Waals surface area (Å²) in [4.78, 5) is 23.5. The summed E-state index contributed by atoms with van der Waals surface area (Å²) in [6, 6.07) is 2.13. The summed E-state index contributed by atoms with van der Waals surface area (Å²) in [6.45, 7) is 4.71. The van der Waals surface area contributed by atoms with Crippen LogP contribution in [0.4, 0.5) is 0 Å². The van der Waals surface area contributed by atoms with Gasteiger partial charge in [-0.1, -0.05) is 0 Å². The largest absolute Gasteiger partial charge is 0.390 e. The molecular formula is C17H24N6O2. The third kappa shape index (κ3) is 3.74. The molecule has 0 spiro atoms. The first-order valence-electron chi connectivity index (χ1n) is 8.84. The second-order valence-corrected chi connectivity index (χ2v) is 7.15. The van der Waals surface area contributed by atoms with Crippen molar-refractivity contribution in [1.82, 2.24) is 30.0 Å². The van der Waals surface area contributed by atoms with Crippen LogP contribution in [-0.2, 0) is 6.54 Å². The minimum atomic E-state index is -0.576. The van der Waals surface area contributed by atoms with Crippen molar-refractivity contribution in [2.75, 3.05) is 26.2 Å². The number of hydrogen-bond donors (Lipinski definition) is 3. The number of carbonyl (C=O) groups excluding carboxylic acids is 1. The summed E-state index contributed by atoms with van der Waals surface area (Å²) < 4.78 is 0. The standard InChI is InChI=1S/C17H24N6O2/c1-11-7-18-16(19-11)17(25)23-5-4-22(9-14(24)10-23)8-13-6-15(21-20-13)12-2-3-12/h6-7,12,14,24H,2-5,8-10H2,1H3,(H,18,19)(H,20,21)/t14-/m0/s1. The maximum absolute atomic E-state index is 12.5. The van der Waals surface area contributed by atoms with Gasteiger partial charge in [0, 0.05) is 56.2 Å². The first kappa shape index (κ1) is 16.3. The van der Waals surface area contributed by atoms with Crippen molar-refractivity contribution in [1.29, 1.82) is 0 Å². The fraction of sp³-hybridized carbons (Fsp3) is 0.588. The van der Waals surface area contributed by atoms with Crippen molar-refractivity contribution < 1.29 is 9.90 Å². The van der Waals surface area contributed by atoms with Crippen molar-refractivity contribution in [2.24, 2.45) is 0 Å². The molecule has 1 aliphatic carbocycles. The van der Waals surface area contributed by atoms with Crippen LogP contribution in [0.5, 0.6) is 0 Å². The highest BCUT2D eigenvalue weighted by Gasteiger charge is 2.28. The van der Waals surface area contributed by atoms with E-state index in [0.717, 1.165) is 17.1 Å². The minimum absolute atomic E-state index is 0.161. The Bertz CT molecular complexity index is 750. The third-order valence-electron chi connectivity index (χ3n) is 4.82. The molecule has 25 heavy (non-hydrogen) atoms. The smallest absolute Gasteiger partial charge is 0.289 e. The molecule has 3 N–H and O–H groups in total. The number of nitrogens with zero attached hydrogens (tertiary/aromatic N) is 4. The Balaban J connectivity index is 1.38. The van der Waals surface area contributed by atoms with Crippen LogP contribution < -0.4 is 0 Å². The molecule has 2 aliphatic rings. The van der Waals surface area contributed by atoms with Gasteiger partial charge in [0.25, 0.3) is 5.91 Å². The number of rotatable bonds is 4. The number of imidazole rings is 1. The lowest BCUT2D eigenvalue weighted by molar-refractivity contribution is 0.0652. The van der Waals surface area contributed by atoms with Crippen molar-refractivity contribution in [3.63, 3.8) is 0 Å². The van der Waals surface area contributed by atoms with Crippen LogP contribution >= 0.6 is 0 Å². The number of H-pyrrole nitrogens is 2. The summed E-state index contributed by atoms with van der Waals surface area (Å²) in [5.74, 6) is 0.803. The molecular weight excluding hydrogens is 320 g/mol. The lowest BCUT2D eigenvalue weighted by atomic mass is 10.2. The number of nitrogens with one attached hydrogen (secondary N) is 2.